The van der Waals surface area contributed by atoms with Crippen LogP contribution in [0.5, 0.6) is 0 Å². The first-order valence-corrected chi connectivity index (χ1v) is 5.04. The lowest BCUT2D eigenvalue weighted by atomic mass is 9.84. The van der Waals surface area contributed by atoms with Crippen LogP contribution in [0.3, 0.4) is 0 Å². The van der Waals surface area contributed by atoms with Gasteiger partial charge in [0.15, 0.2) is 0 Å². The summed E-state index contributed by atoms with van der Waals surface area (Å²) in [5.41, 5.74) is 5.64. The van der Waals surface area contributed by atoms with E-state index in [1.165, 1.54) is 0 Å². The second-order valence-corrected chi connectivity index (χ2v) is 5.28. The molecule has 0 spiro atoms. The van der Waals surface area contributed by atoms with Crippen LogP contribution in [0.1, 0.15) is 27.2 Å². The lowest BCUT2D eigenvalue weighted by Crippen LogP contribution is -2.57. The van der Waals surface area contributed by atoms with Crippen LogP contribution in [0.15, 0.2) is 0 Å². The van der Waals surface area contributed by atoms with Gasteiger partial charge in [0.05, 0.1) is 24.9 Å². The van der Waals surface area contributed by atoms with Gasteiger partial charge >= 0.3 is 0 Å². The third kappa shape index (κ3) is 2.92. The zero-order valence-corrected chi connectivity index (χ0v) is 9.10. The summed E-state index contributed by atoms with van der Waals surface area (Å²) in [4.78, 5) is 0. The number of ether oxygens (including phenoxy) is 1. The van der Waals surface area contributed by atoms with E-state index in [2.05, 4.69) is 20.8 Å². The molecule has 1 aliphatic heterocycles. The Morgan fingerprint density at radius 2 is 1.86 bits per heavy atom. The average molecular weight is 203 g/mol. The van der Waals surface area contributed by atoms with Crippen molar-refractivity contribution in [3.63, 3.8) is 0 Å². The summed E-state index contributed by atoms with van der Waals surface area (Å²) in [5.74, 6) is 0. The molecule has 14 heavy (non-hydrogen) atoms. The molecule has 1 rings (SSSR count). The second kappa shape index (κ2) is 4.14. The third-order valence-electron chi connectivity index (χ3n) is 2.49. The van der Waals surface area contributed by atoms with Gasteiger partial charge in [-0.05, 0) is 11.8 Å². The normalized spacial score (nSPS) is 39.9. The summed E-state index contributed by atoms with van der Waals surface area (Å²) in [6, 6.07) is -0.471. The Bertz CT molecular complexity index is 190. The minimum atomic E-state index is -0.865. The van der Waals surface area contributed by atoms with Crippen LogP contribution < -0.4 is 5.73 Å². The fourth-order valence-corrected chi connectivity index (χ4v) is 1.69. The van der Waals surface area contributed by atoms with Gasteiger partial charge in [-0.15, -0.1) is 0 Å². The Labute approximate surface area is 85.1 Å². The molecule has 4 nitrogen and oxygen atoms in total. The highest BCUT2D eigenvalue weighted by Gasteiger charge is 2.38. The van der Waals surface area contributed by atoms with Gasteiger partial charge in [0.2, 0.25) is 0 Å². The second-order valence-electron chi connectivity index (χ2n) is 5.28. The molecule has 4 N–H and O–H groups in total. The van der Waals surface area contributed by atoms with Crippen molar-refractivity contribution in [2.45, 2.75) is 51.5 Å². The van der Waals surface area contributed by atoms with Crippen molar-refractivity contribution >= 4 is 0 Å². The SMILES string of the molecule is CC(C)(C)C[C@H]1OC[C@H](N)[C@@H](O)[C@@H]1O. The monoisotopic (exact) mass is 203 g/mol. The summed E-state index contributed by atoms with van der Waals surface area (Å²) in [6.45, 7) is 6.54. The summed E-state index contributed by atoms with van der Waals surface area (Å²) < 4.78 is 5.41. The quantitative estimate of drug-likeness (QED) is 0.555. The molecule has 4 atom stereocenters. The number of nitrogens with two attached hydrogens (primary N) is 1. The van der Waals surface area contributed by atoms with Crippen LogP contribution in [0, 0.1) is 5.41 Å². The molecule has 84 valence electrons. The van der Waals surface area contributed by atoms with Crippen LogP contribution in [-0.4, -0.2) is 41.2 Å². The molecule has 0 amide bonds. The van der Waals surface area contributed by atoms with Crippen molar-refractivity contribution in [2.24, 2.45) is 11.1 Å². The Kier molecular flexibility index (Phi) is 3.53. The summed E-state index contributed by atoms with van der Waals surface area (Å²) in [6.07, 6.45) is -1.31. The van der Waals surface area contributed by atoms with E-state index in [4.69, 9.17) is 10.5 Å². The minimum Gasteiger partial charge on any atom is -0.389 e. The van der Waals surface area contributed by atoms with Crippen molar-refractivity contribution in [3.05, 3.63) is 0 Å². The maximum atomic E-state index is 9.72. The van der Waals surface area contributed by atoms with E-state index in [0.717, 1.165) is 6.42 Å². The predicted molar refractivity (Wildman–Crippen MR) is 53.8 cm³/mol. The zero-order valence-electron chi connectivity index (χ0n) is 9.10. The third-order valence-corrected chi connectivity index (χ3v) is 2.49. The number of aliphatic hydroxyl groups excluding tert-OH is 2. The Morgan fingerprint density at radius 3 is 2.36 bits per heavy atom. The van der Waals surface area contributed by atoms with Crippen LogP contribution >= 0.6 is 0 Å². The molecule has 0 unspecified atom stereocenters. The van der Waals surface area contributed by atoms with Crippen LogP contribution in [0.4, 0.5) is 0 Å². The molecular weight excluding hydrogens is 182 g/mol. The first-order chi connectivity index (χ1) is 6.31. The molecule has 0 saturated carbocycles. The minimum absolute atomic E-state index is 0.0762. The number of rotatable bonds is 1. The van der Waals surface area contributed by atoms with Crippen molar-refractivity contribution in [1.82, 2.24) is 0 Å². The first-order valence-electron chi connectivity index (χ1n) is 5.04. The van der Waals surface area contributed by atoms with Crippen LogP contribution in [-0.2, 0) is 4.74 Å². The zero-order chi connectivity index (χ0) is 10.9. The van der Waals surface area contributed by atoms with Gasteiger partial charge in [-0.1, -0.05) is 20.8 Å². The van der Waals surface area contributed by atoms with Crippen molar-refractivity contribution < 1.29 is 14.9 Å². The molecule has 0 aromatic rings. The van der Waals surface area contributed by atoms with Gasteiger partial charge in [0.1, 0.15) is 6.10 Å². The topological polar surface area (TPSA) is 75.7 Å². The summed E-state index contributed by atoms with van der Waals surface area (Å²) >= 11 is 0. The fourth-order valence-electron chi connectivity index (χ4n) is 1.69. The lowest BCUT2D eigenvalue weighted by molar-refractivity contribution is -0.153. The predicted octanol–water partition coefficient (Wildman–Crippen LogP) is -0.130. The summed E-state index contributed by atoms with van der Waals surface area (Å²) in [5, 5.41) is 19.3. The van der Waals surface area contributed by atoms with Gasteiger partial charge in [-0.3, -0.25) is 0 Å². The maximum Gasteiger partial charge on any atom is 0.108 e. The van der Waals surface area contributed by atoms with Gasteiger partial charge in [-0.2, -0.15) is 0 Å². The van der Waals surface area contributed by atoms with Gasteiger partial charge in [-0.25, -0.2) is 0 Å². The number of hydrogen-bond donors (Lipinski definition) is 3. The Balaban J connectivity index is 2.55. The Hall–Kier alpha value is -0.160. The van der Waals surface area contributed by atoms with E-state index in [9.17, 15) is 10.2 Å². The summed E-state index contributed by atoms with van der Waals surface area (Å²) in [7, 11) is 0. The molecule has 0 radical (unpaired) electrons. The molecule has 1 aliphatic rings. The number of aliphatic hydroxyl groups is 2. The molecule has 0 aliphatic carbocycles. The molecule has 1 saturated heterocycles. The van der Waals surface area contributed by atoms with Crippen molar-refractivity contribution in [2.75, 3.05) is 6.61 Å². The Morgan fingerprint density at radius 1 is 1.29 bits per heavy atom. The first kappa shape index (κ1) is 11.9. The van der Waals surface area contributed by atoms with Gasteiger partial charge in [0.25, 0.3) is 0 Å². The largest absolute Gasteiger partial charge is 0.389 e. The standard InChI is InChI=1S/C10H21NO3/c1-10(2,3)4-7-9(13)8(12)6(11)5-14-7/h6-9,12-13H,4-5,11H2,1-3H3/t6-,7+,8+,9+/m0/s1. The molecular formula is C10H21NO3. The number of hydrogen-bond acceptors (Lipinski definition) is 4. The molecule has 0 aromatic carbocycles. The van der Waals surface area contributed by atoms with Gasteiger partial charge < -0.3 is 20.7 Å². The smallest absolute Gasteiger partial charge is 0.108 e. The molecule has 4 heteroatoms. The molecule has 0 bridgehead atoms. The molecule has 1 fully saturated rings. The molecule has 0 aromatic heterocycles. The highest BCUT2D eigenvalue weighted by atomic mass is 16.5. The van der Waals surface area contributed by atoms with Crippen LogP contribution in [0.2, 0.25) is 0 Å². The maximum absolute atomic E-state index is 9.72. The van der Waals surface area contributed by atoms with E-state index >= 15 is 0 Å². The van der Waals surface area contributed by atoms with Crippen molar-refractivity contribution in [3.8, 4) is 0 Å². The highest BCUT2D eigenvalue weighted by molar-refractivity contribution is 4.90. The van der Waals surface area contributed by atoms with Crippen molar-refractivity contribution in [1.29, 1.82) is 0 Å². The fraction of sp³-hybridized carbons (Fsp3) is 1.00. The lowest BCUT2D eigenvalue weighted by Gasteiger charge is -2.38. The highest BCUT2D eigenvalue weighted by Crippen LogP contribution is 2.27. The molecule has 1 heterocycles. The van der Waals surface area contributed by atoms with Gasteiger partial charge in [0, 0.05) is 0 Å². The van der Waals surface area contributed by atoms with E-state index < -0.39 is 18.2 Å². The van der Waals surface area contributed by atoms with E-state index in [1.807, 2.05) is 0 Å². The van der Waals surface area contributed by atoms with E-state index in [0.29, 0.717) is 6.61 Å². The van der Waals surface area contributed by atoms with Crippen LogP contribution in [0.25, 0.3) is 0 Å². The van der Waals surface area contributed by atoms with E-state index in [-0.39, 0.29) is 11.5 Å². The van der Waals surface area contributed by atoms with E-state index in [1.54, 1.807) is 0 Å². The average Bonchev–Trinajstić information content (AvgIpc) is 2.04.